The second-order valence-electron chi connectivity index (χ2n) is 6.56. The van der Waals surface area contributed by atoms with Crippen LogP contribution in [0, 0.1) is 6.92 Å². The smallest absolute Gasteiger partial charge is 0.243 e. The molecule has 0 amide bonds. The summed E-state index contributed by atoms with van der Waals surface area (Å²) in [6.45, 7) is 4.48. The van der Waals surface area contributed by atoms with Crippen LogP contribution in [0.4, 0.5) is 0 Å². The van der Waals surface area contributed by atoms with Crippen molar-refractivity contribution in [2.24, 2.45) is 7.05 Å². The van der Waals surface area contributed by atoms with Crippen molar-refractivity contribution in [2.75, 3.05) is 20.2 Å². The molecule has 142 valence electrons. The molecule has 0 spiro atoms. The highest BCUT2D eigenvalue weighted by atomic mass is 32.2. The average molecular weight is 378 g/mol. The summed E-state index contributed by atoms with van der Waals surface area (Å²) in [6, 6.07) is 7.12. The van der Waals surface area contributed by atoms with E-state index in [0.717, 1.165) is 35.5 Å². The Morgan fingerprint density at radius 3 is 2.42 bits per heavy atom. The molecule has 1 aliphatic heterocycles. The summed E-state index contributed by atoms with van der Waals surface area (Å²) in [6.07, 6.45) is 1.89. The van der Waals surface area contributed by atoms with Gasteiger partial charge in [0.05, 0.1) is 23.3 Å². The van der Waals surface area contributed by atoms with Crippen LogP contribution in [0.1, 0.15) is 29.7 Å². The molecule has 0 unspecified atom stereocenters. The first-order valence-electron chi connectivity index (χ1n) is 8.79. The molecule has 1 N–H and O–H groups in total. The molecule has 8 heteroatoms. The van der Waals surface area contributed by atoms with Crippen molar-refractivity contribution in [3.8, 4) is 5.88 Å². The van der Waals surface area contributed by atoms with E-state index in [0.29, 0.717) is 31.1 Å². The lowest BCUT2D eigenvalue weighted by Crippen LogP contribution is -2.27. The summed E-state index contributed by atoms with van der Waals surface area (Å²) < 4.78 is 33.8. The van der Waals surface area contributed by atoms with Gasteiger partial charge < -0.3 is 10.1 Å². The maximum Gasteiger partial charge on any atom is 0.243 e. The monoisotopic (exact) mass is 378 g/mol. The number of hydrogen-bond acceptors (Lipinski definition) is 5. The second-order valence-corrected chi connectivity index (χ2v) is 8.49. The molecule has 0 bridgehead atoms. The minimum atomic E-state index is -3.35. The Morgan fingerprint density at radius 1 is 1.15 bits per heavy atom. The van der Waals surface area contributed by atoms with Gasteiger partial charge in [0.25, 0.3) is 0 Å². The highest BCUT2D eigenvalue weighted by Gasteiger charge is 2.26. The van der Waals surface area contributed by atoms with E-state index in [2.05, 4.69) is 10.4 Å². The fraction of sp³-hybridized carbons (Fsp3) is 0.500. The Labute approximate surface area is 155 Å². The van der Waals surface area contributed by atoms with Crippen molar-refractivity contribution in [1.82, 2.24) is 19.4 Å². The van der Waals surface area contributed by atoms with Crippen LogP contribution in [-0.4, -0.2) is 42.7 Å². The third-order valence-electron chi connectivity index (χ3n) is 4.74. The normalized spacial score (nSPS) is 15.5. The lowest BCUT2D eigenvalue weighted by Gasteiger charge is -2.15. The Balaban J connectivity index is 1.62. The number of methoxy groups -OCH3 is 1. The average Bonchev–Trinajstić information content (AvgIpc) is 3.24. The summed E-state index contributed by atoms with van der Waals surface area (Å²) in [4.78, 5) is 0.368. The second kappa shape index (κ2) is 7.77. The van der Waals surface area contributed by atoms with Crippen molar-refractivity contribution in [3.63, 3.8) is 0 Å². The summed E-state index contributed by atoms with van der Waals surface area (Å²) in [5.41, 5.74) is 3.00. The molecular weight excluding hydrogens is 352 g/mol. The van der Waals surface area contributed by atoms with E-state index >= 15 is 0 Å². The predicted molar refractivity (Wildman–Crippen MR) is 99.5 cm³/mol. The number of aromatic nitrogens is 2. The molecule has 0 radical (unpaired) electrons. The van der Waals surface area contributed by atoms with E-state index in [1.807, 2.05) is 26.1 Å². The van der Waals surface area contributed by atoms with Gasteiger partial charge in [0.15, 0.2) is 0 Å². The van der Waals surface area contributed by atoms with Gasteiger partial charge in [-0.25, -0.2) is 13.1 Å². The zero-order valence-electron chi connectivity index (χ0n) is 15.5. The summed E-state index contributed by atoms with van der Waals surface area (Å²) >= 11 is 0. The molecule has 2 aromatic rings. The Kier molecular flexibility index (Phi) is 5.64. The van der Waals surface area contributed by atoms with Gasteiger partial charge in [-0.05, 0) is 37.5 Å². The first-order chi connectivity index (χ1) is 12.4. The number of ether oxygens (including phenoxy) is 1. The summed E-state index contributed by atoms with van der Waals surface area (Å²) in [7, 11) is 0.149. The fourth-order valence-corrected chi connectivity index (χ4v) is 4.85. The number of nitrogens with one attached hydrogen (secondary N) is 1. The highest BCUT2D eigenvalue weighted by Crippen LogP contribution is 2.22. The van der Waals surface area contributed by atoms with E-state index in [1.165, 1.54) is 0 Å². The minimum Gasteiger partial charge on any atom is -0.481 e. The molecule has 7 nitrogen and oxygen atoms in total. The van der Waals surface area contributed by atoms with Crippen molar-refractivity contribution in [3.05, 3.63) is 41.1 Å². The molecule has 1 aliphatic rings. The van der Waals surface area contributed by atoms with Gasteiger partial charge in [-0.3, -0.25) is 0 Å². The first-order valence-corrected chi connectivity index (χ1v) is 10.2. The van der Waals surface area contributed by atoms with Gasteiger partial charge in [-0.1, -0.05) is 12.1 Å². The predicted octanol–water partition coefficient (Wildman–Crippen LogP) is 1.81. The quantitative estimate of drug-likeness (QED) is 0.795. The summed E-state index contributed by atoms with van der Waals surface area (Å²) in [5.74, 6) is 0.752. The Bertz CT molecular complexity index is 853. The largest absolute Gasteiger partial charge is 0.481 e. The molecule has 0 saturated carbocycles. The van der Waals surface area contributed by atoms with Crippen LogP contribution in [0.25, 0.3) is 0 Å². The van der Waals surface area contributed by atoms with Gasteiger partial charge >= 0.3 is 0 Å². The molecule has 1 fully saturated rings. The van der Waals surface area contributed by atoms with Crippen LogP contribution in [-0.2, 0) is 30.2 Å². The zero-order chi connectivity index (χ0) is 18.7. The number of sulfonamides is 1. The van der Waals surface area contributed by atoms with Gasteiger partial charge in [0, 0.05) is 33.2 Å². The summed E-state index contributed by atoms with van der Waals surface area (Å²) in [5, 5.41) is 7.73. The number of benzene rings is 1. The number of nitrogens with zero attached hydrogens (tertiary/aromatic N) is 3. The molecule has 0 aliphatic carbocycles. The van der Waals surface area contributed by atoms with Crippen molar-refractivity contribution >= 4 is 10.0 Å². The standard InChI is InChI=1S/C18H26N4O3S/c1-14-17(18(25-3)21(2)20-14)13-19-12-15-6-8-16(9-7-15)26(23,24)22-10-4-5-11-22/h6-9,19H,4-5,10-13H2,1-3H3. The van der Waals surface area contributed by atoms with E-state index in [9.17, 15) is 8.42 Å². The molecule has 26 heavy (non-hydrogen) atoms. The lowest BCUT2D eigenvalue weighted by atomic mass is 10.2. The van der Waals surface area contributed by atoms with Gasteiger partial charge in [0.1, 0.15) is 0 Å². The lowest BCUT2D eigenvalue weighted by molar-refractivity contribution is 0.368. The minimum absolute atomic E-state index is 0.368. The third kappa shape index (κ3) is 3.77. The Morgan fingerprint density at radius 2 is 1.81 bits per heavy atom. The van der Waals surface area contributed by atoms with Crippen molar-refractivity contribution in [2.45, 2.75) is 37.8 Å². The van der Waals surface area contributed by atoms with Crippen molar-refractivity contribution < 1.29 is 13.2 Å². The molecule has 1 saturated heterocycles. The number of rotatable bonds is 7. The maximum atomic E-state index is 12.5. The maximum absolute atomic E-state index is 12.5. The van der Waals surface area contributed by atoms with Crippen molar-refractivity contribution in [1.29, 1.82) is 0 Å². The van der Waals surface area contributed by atoms with E-state index in [-0.39, 0.29) is 0 Å². The molecule has 0 atom stereocenters. The molecule has 3 rings (SSSR count). The van der Waals surface area contributed by atoms with Gasteiger partial charge in [-0.15, -0.1) is 0 Å². The molecule has 2 heterocycles. The molecular formula is C18H26N4O3S. The van der Waals surface area contributed by atoms with E-state index < -0.39 is 10.0 Å². The third-order valence-corrected chi connectivity index (χ3v) is 6.65. The van der Waals surface area contributed by atoms with Crippen LogP contribution < -0.4 is 10.1 Å². The van der Waals surface area contributed by atoms with E-state index in [1.54, 1.807) is 28.2 Å². The number of hydrogen-bond donors (Lipinski definition) is 1. The molecule has 1 aromatic carbocycles. The van der Waals surface area contributed by atoms with Crippen LogP contribution in [0.3, 0.4) is 0 Å². The molecule has 1 aromatic heterocycles. The fourth-order valence-electron chi connectivity index (χ4n) is 3.33. The number of aryl methyl sites for hydroxylation is 2. The van der Waals surface area contributed by atoms with Gasteiger partial charge in [0.2, 0.25) is 15.9 Å². The zero-order valence-corrected chi connectivity index (χ0v) is 16.3. The van der Waals surface area contributed by atoms with E-state index in [4.69, 9.17) is 4.74 Å². The van der Waals surface area contributed by atoms with Crippen LogP contribution in [0.2, 0.25) is 0 Å². The highest BCUT2D eigenvalue weighted by molar-refractivity contribution is 7.89. The first kappa shape index (κ1) is 18.9. The van der Waals surface area contributed by atoms with Crippen LogP contribution in [0.5, 0.6) is 5.88 Å². The van der Waals surface area contributed by atoms with Gasteiger partial charge in [-0.2, -0.15) is 9.40 Å². The SMILES string of the molecule is COc1c(CNCc2ccc(S(=O)(=O)N3CCCC3)cc2)c(C)nn1C. The Hall–Kier alpha value is -1.90. The topological polar surface area (TPSA) is 76.5 Å². The van der Waals surface area contributed by atoms with Crippen LogP contribution >= 0.6 is 0 Å². The van der Waals surface area contributed by atoms with Crippen LogP contribution in [0.15, 0.2) is 29.2 Å².